The first-order chi connectivity index (χ1) is 14.2. The quantitative estimate of drug-likeness (QED) is 0.444. The van der Waals surface area contributed by atoms with Gasteiger partial charge in [0, 0.05) is 22.1 Å². The first-order valence-corrected chi connectivity index (χ1v) is 10.6. The summed E-state index contributed by atoms with van der Waals surface area (Å²) in [4.78, 5) is 8.62. The number of aryl methyl sites for hydroxylation is 2. The predicted molar refractivity (Wildman–Crippen MR) is 115 cm³/mol. The SMILES string of the molecule is CCC(CSc1ccc(C)c(C)c1)Nc1nc(C(F)(F)F)nc2ccc(OC)cc12. The molecule has 30 heavy (non-hydrogen) atoms. The van der Waals surface area contributed by atoms with Crippen LogP contribution in [0.2, 0.25) is 0 Å². The number of ether oxygens (including phenoxy) is 1. The molecule has 1 aromatic heterocycles. The lowest BCUT2D eigenvalue weighted by atomic mass is 10.1. The van der Waals surface area contributed by atoms with Crippen molar-refractivity contribution in [3.05, 3.63) is 53.3 Å². The topological polar surface area (TPSA) is 47.0 Å². The molecule has 3 aromatic rings. The van der Waals surface area contributed by atoms with E-state index in [1.165, 1.54) is 24.3 Å². The van der Waals surface area contributed by atoms with Crippen LogP contribution in [-0.2, 0) is 6.18 Å². The van der Waals surface area contributed by atoms with Gasteiger partial charge in [0.05, 0.1) is 12.6 Å². The summed E-state index contributed by atoms with van der Waals surface area (Å²) in [5.74, 6) is 0.236. The molecule has 1 atom stereocenters. The van der Waals surface area contributed by atoms with Crippen LogP contribution in [0, 0.1) is 13.8 Å². The summed E-state index contributed by atoms with van der Waals surface area (Å²) in [6.07, 6.45) is -3.89. The fraction of sp³-hybridized carbons (Fsp3) is 0.364. The molecule has 3 rings (SSSR count). The Hall–Kier alpha value is -2.48. The average molecular weight is 436 g/mol. The van der Waals surface area contributed by atoms with Crippen LogP contribution in [0.3, 0.4) is 0 Å². The second-order valence-corrected chi connectivity index (χ2v) is 8.18. The molecule has 0 spiro atoms. The standard InChI is InChI=1S/C22H24F3N3OS/c1-5-15(12-30-17-8-6-13(2)14(3)10-17)26-20-18-11-16(29-4)7-9-19(18)27-21(28-20)22(23,24)25/h6-11,15H,5,12H2,1-4H3,(H,26,27,28). The minimum atomic E-state index is -4.62. The molecular weight excluding hydrogens is 411 g/mol. The summed E-state index contributed by atoms with van der Waals surface area (Å²) in [5.41, 5.74) is 2.66. The fourth-order valence-corrected chi connectivity index (χ4v) is 4.06. The second kappa shape index (κ2) is 9.12. The highest BCUT2D eigenvalue weighted by Gasteiger charge is 2.35. The highest BCUT2D eigenvalue weighted by Crippen LogP contribution is 2.33. The Kier molecular flexibility index (Phi) is 6.75. The minimum Gasteiger partial charge on any atom is -0.497 e. The highest BCUT2D eigenvalue weighted by molar-refractivity contribution is 7.99. The Morgan fingerprint density at radius 2 is 1.83 bits per heavy atom. The molecule has 4 nitrogen and oxygen atoms in total. The summed E-state index contributed by atoms with van der Waals surface area (Å²) >= 11 is 1.67. The molecular formula is C22H24F3N3OS. The third-order valence-electron chi connectivity index (χ3n) is 4.92. The number of nitrogens with one attached hydrogen (secondary N) is 1. The van der Waals surface area contributed by atoms with Crippen LogP contribution in [0.15, 0.2) is 41.3 Å². The first-order valence-electron chi connectivity index (χ1n) is 9.60. The number of halogens is 3. The molecule has 0 saturated carbocycles. The Labute approximate surface area is 178 Å². The van der Waals surface area contributed by atoms with Gasteiger partial charge in [-0.1, -0.05) is 13.0 Å². The van der Waals surface area contributed by atoms with Gasteiger partial charge in [0.1, 0.15) is 11.6 Å². The summed E-state index contributed by atoms with van der Waals surface area (Å²) in [6.45, 7) is 6.12. The fourth-order valence-electron chi connectivity index (χ4n) is 2.93. The Bertz CT molecular complexity index is 1040. The maximum absolute atomic E-state index is 13.3. The molecule has 0 radical (unpaired) electrons. The smallest absolute Gasteiger partial charge is 0.451 e. The monoisotopic (exact) mass is 435 g/mol. The molecule has 0 fully saturated rings. The van der Waals surface area contributed by atoms with E-state index in [1.54, 1.807) is 23.9 Å². The van der Waals surface area contributed by atoms with Crippen molar-refractivity contribution in [2.45, 2.75) is 44.3 Å². The number of anilines is 1. The van der Waals surface area contributed by atoms with Crippen molar-refractivity contribution in [1.29, 1.82) is 0 Å². The van der Waals surface area contributed by atoms with Gasteiger partial charge in [0.25, 0.3) is 0 Å². The van der Waals surface area contributed by atoms with Crippen LogP contribution in [0.5, 0.6) is 5.75 Å². The van der Waals surface area contributed by atoms with Gasteiger partial charge < -0.3 is 10.1 Å². The third kappa shape index (κ3) is 5.16. The molecule has 1 N–H and O–H groups in total. The van der Waals surface area contributed by atoms with Gasteiger partial charge in [-0.05, 0) is 61.7 Å². The zero-order valence-corrected chi connectivity index (χ0v) is 18.1. The number of hydrogen-bond acceptors (Lipinski definition) is 5. The van der Waals surface area contributed by atoms with Gasteiger partial charge in [-0.2, -0.15) is 13.2 Å². The first kappa shape index (κ1) is 22.2. The zero-order chi connectivity index (χ0) is 21.9. The van der Waals surface area contributed by atoms with Crippen molar-refractivity contribution in [2.24, 2.45) is 0 Å². The number of hydrogen-bond donors (Lipinski definition) is 1. The highest BCUT2D eigenvalue weighted by atomic mass is 32.2. The van der Waals surface area contributed by atoms with E-state index in [4.69, 9.17) is 4.74 Å². The van der Waals surface area contributed by atoms with E-state index in [0.717, 1.165) is 11.3 Å². The lowest BCUT2D eigenvalue weighted by molar-refractivity contribution is -0.144. The molecule has 1 heterocycles. The molecule has 0 aliphatic carbocycles. The minimum absolute atomic E-state index is 0.0676. The molecule has 0 aliphatic heterocycles. The maximum atomic E-state index is 13.3. The number of thioether (sulfide) groups is 1. The molecule has 8 heteroatoms. The summed E-state index contributed by atoms with van der Waals surface area (Å²) in [6, 6.07) is 11.0. The summed E-state index contributed by atoms with van der Waals surface area (Å²) in [7, 11) is 1.51. The lowest BCUT2D eigenvalue weighted by Crippen LogP contribution is -2.23. The van der Waals surface area contributed by atoms with Crippen molar-refractivity contribution in [1.82, 2.24) is 9.97 Å². The number of benzene rings is 2. The van der Waals surface area contributed by atoms with Gasteiger partial charge in [0.15, 0.2) is 0 Å². The van der Waals surface area contributed by atoms with Crippen molar-refractivity contribution in [3.63, 3.8) is 0 Å². The number of rotatable bonds is 7. The molecule has 1 unspecified atom stereocenters. The molecule has 0 amide bonds. The summed E-state index contributed by atoms with van der Waals surface area (Å²) in [5, 5.41) is 3.70. The van der Waals surface area contributed by atoms with E-state index in [-0.39, 0.29) is 17.4 Å². The van der Waals surface area contributed by atoms with Crippen LogP contribution in [0.4, 0.5) is 19.0 Å². The van der Waals surface area contributed by atoms with Crippen molar-refractivity contribution >= 4 is 28.5 Å². The maximum Gasteiger partial charge on any atom is 0.451 e. The molecule has 0 aliphatic rings. The summed E-state index contributed by atoms with van der Waals surface area (Å²) < 4.78 is 45.2. The van der Waals surface area contributed by atoms with Crippen LogP contribution in [0.1, 0.15) is 30.3 Å². The van der Waals surface area contributed by atoms with Crippen molar-refractivity contribution in [2.75, 3.05) is 18.2 Å². The number of methoxy groups -OCH3 is 1. The normalized spacial score (nSPS) is 12.8. The van der Waals surface area contributed by atoms with Gasteiger partial charge in [-0.3, -0.25) is 0 Å². The average Bonchev–Trinajstić information content (AvgIpc) is 2.72. The Balaban J connectivity index is 1.89. The molecule has 0 bridgehead atoms. The molecule has 0 saturated heterocycles. The van der Waals surface area contributed by atoms with Gasteiger partial charge in [-0.25, -0.2) is 9.97 Å². The second-order valence-electron chi connectivity index (χ2n) is 7.08. The van der Waals surface area contributed by atoms with Crippen molar-refractivity contribution < 1.29 is 17.9 Å². The van der Waals surface area contributed by atoms with Crippen LogP contribution >= 0.6 is 11.8 Å². The van der Waals surface area contributed by atoms with Crippen LogP contribution in [-0.4, -0.2) is 28.9 Å². The largest absolute Gasteiger partial charge is 0.497 e. The number of fused-ring (bicyclic) bond motifs is 1. The van der Waals surface area contributed by atoms with E-state index in [9.17, 15) is 13.2 Å². The van der Waals surface area contributed by atoms with Crippen LogP contribution < -0.4 is 10.1 Å². The van der Waals surface area contributed by atoms with Crippen LogP contribution in [0.25, 0.3) is 10.9 Å². The number of nitrogens with zero attached hydrogens (tertiary/aromatic N) is 2. The van der Waals surface area contributed by atoms with Gasteiger partial charge >= 0.3 is 6.18 Å². The van der Waals surface area contributed by atoms with E-state index in [1.807, 2.05) is 6.92 Å². The number of alkyl halides is 3. The van der Waals surface area contributed by atoms with Gasteiger partial charge in [0.2, 0.25) is 5.82 Å². The van der Waals surface area contributed by atoms with E-state index < -0.39 is 12.0 Å². The Morgan fingerprint density at radius 1 is 1.07 bits per heavy atom. The van der Waals surface area contributed by atoms with Gasteiger partial charge in [-0.15, -0.1) is 11.8 Å². The van der Waals surface area contributed by atoms with E-state index in [0.29, 0.717) is 16.9 Å². The van der Waals surface area contributed by atoms with Crippen molar-refractivity contribution in [3.8, 4) is 5.75 Å². The molecule has 2 aromatic carbocycles. The van der Waals surface area contributed by atoms with E-state index in [2.05, 4.69) is 47.3 Å². The predicted octanol–water partition coefficient (Wildman–Crippen LogP) is 6.26. The lowest BCUT2D eigenvalue weighted by Gasteiger charge is -2.20. The third-order valence-corrected chi connectivity index (χ3v) is 6.08. The molecule has 160 valence electrons. The zero-order valence-electron chi connectivity index (χ0n) is 17.3. The number of aromatic nitrogens is 2. The van der Waals surface area contributed by atoms with E-state index >= 15 is 0 Å². The Morgan fingerprint density at radius 3 is 2.47 bits per heavy atom.